The molecule has 0 aromatic heterocycles. The minimum absolute atomic E-state index is 0.0392. The Hall–Kier alpha value is -1.75. The van der Waals surface area contributed by atoms with Gasteiger partial charge >= 0.3 is 6.03 Å². The number of likely N-dealkylation sites (tertiary alicyclic amines) is 1. The molecule has 1 aromatic carbocycles. The number of rotatable bonds is 7. The first-order chi connectivity index (χ1) is 11.3. The van der Waals surface area contributed by atoms with Crippen LogP contribution in [0.2, 0.25) is 0 Å². The van der Waals surface area contributed by atoms with Crippen molar-refractivity contribution in [1.29, 1.82) is 0 Å². The van der Waals surface area contributed by atoms with Gasteiger partial charge in [-0.25, -0.2) is 4.79 Å². The van der Waals surface area contributed by atoms with Gasteiger partial charge in [0.25, 0.3) is 0 Å². The molecule has 126 valence electrons. The van der Waals surface area contributed by atoms with Crippen LogP contribution in [0.15, 0.2) is 24.3 Å². The molecule has 1 atom stereocenters. The van der Waals surface area contributed by atoms with Gasteiger partial charge in [0.15, 0.2) is 0 Å². The molecule has 1 aromatic rings. The van der Waals surface area contributed by atoms with Gasteiger partial charge in [-0.3, -0.25) is 4.90 Å². The predicted octanol–water partition coefficient (Wildman–Crippen LogP) is 2.68. The Morgan fingerprint density at radius 1 is 1.26 bits per heavy atom. The molecule has 3 rings (SSSR count). The summed E-state index contributed by atoms with van der Waals surface area (Å²) in [7, 11) is 0. The van der Waals surface area contributed by atoms with E-state index in [0.29, 0.717) is 19.2 Å². The molecule has 0 spiro atoms. The highest BCUT2D eigenvalue weighted by Gasteiger charge is 2.26. The molecule has 1 saturated heterocycles. The summed E-state index contributed by atoms with van der Waals surface area (Å²) in [5, 5.41) is 6.03. The fourth-order valence-corrected chi connectivity index (χ4v) is 3.12. The molecule has 2 fully saturated rings. The van der Waals surface area contributed by atoms with Gasteiger partial charge in [-0.2, -0.15) is 0 Å². The third-order valence-electron chi connectivity index (χ3n) is 4.53. The predicted molar refractivity (Wildman–Crippen MR) is 90.7 cm³/mol. The van der Waals surface area contributed by atoms with Gasteiger partial charge in [-0.05, 0) is 63.4 Å². The van der Waals surface area contributed by atoms with Crippen LogP contribution in [-0.2, 0) is 0 Å². The molecule has 5 nitrogen and oxygen atoms in total. The number of carbonyl (C=O) groups is 1. The molecule has 1 aliphatic carbocycles. The summed E-state index contributed by atoms with van der Waals surface area (Å²) in [5.74, 6) is 0.899. The number of nitrogens with one attached hydrogen (secondary N) is 2. The van der Waals surface area contributed by atoms with E-state index in [-0.39, 0.29) is 12.1 Å². The number of ether oxygens (including phenoxy) is 1. The fraction of sp³-hybridized carbons (Fsp3) is 0.611. The summed E-state index contributed by atoms with van der Waals surface area (Å²) < 4.78 is 5.52. The second kappa shape index (κ2) is 7.68. The van der Waals surface area contributed by atoms with E-state index >= 15 is 0 Å². The summed E-state index contributed by atoms with van der Waals surface area (Å²) in [4.78, 5) is 14.4. The van der Waals surface area contributed by atoms with Crippen molar-refractivity contribution in [2.24, 2.45) is 0 Å². The Morgan fingerprint density at radius 3 is 2.57 bits per heavy atom. The summed E-state index contributed by atoms with van der Waals surface area (Å²) in [5.41, 5.74) is 1.24. The van der Waals surface area contributed by atoms with Crippen LogP contribution >= 0.6 is 0 Å². The third kappa shape index (κ3) is 4.61. The first-order valence-electron chi connectivity index (χ1n) is 8.77. The van der Waals surface area contributed by atoms with E-state index in [4.69, 9.17) is 4.74 Å². The van der Waals surface area contributed by atoms with Crippen LogP contribution in [0.1, 0.15) is 44.2 Å². The lowest BCUT2D eigenvalue weighted by molar-refractivity contribution is 0.220. The second-order valence-corrected chi connectivity index (χ2v) is 6.39. The monoisotopic (exact) mass is 317 g/mol. The molecular weight excluding hydrogens is 290 g/mol. The quantitative estimate of drug-likeness (QED) is 0.813. The number of hydrogen-bond donors (Lipinski definition) is 2. The van der Waals surface area contributed by atoms with Crippen LogP contribution in [0.4, 0.5) is 4.79 Å². The number of carbonyl (C=O) groups excluding carboxylic acids is 1. The molecule has 2 N–H and O–H groups in total. The molecule has 1 saturated carbocycles. The summed E-state index contributed by atoms with van der Waals surface area (Å²) in [6, 6.07) is 8.87. The number of benzene rings is 1. The molecular formula is C18H27N3O2. The highest BCUT2D eigenvalue weighted by Crippen LogP contribution is 2.26. The summed E-state index contributed by atoms with van der Waals surface area (Å²) in [6.45, 7) is 5.52. The highest BCUT2D eigenvalue weighted by molar-refractivity contribution is 5.74. The van der Waals surface area contributed by atoms with E-state index < -0.39 is 0 Å². The van der Waals surface area contributed by atoms with E-state index in [1.54, 1.807) is 0 Å². The van der Waals surface area contributed by atoms with Crippen LogP contribution in [-0.4, -0.2) is 43.2 Å². The topological polar surface area (TPSA) is 53.6 Å². The normalized spacial score (nSPS) is 19.3. The van der Waals surface area contributed by atoms with Gasteiger partial charge in [0, 0.05) is 12.6 Å². The molecule has 2 aliphatic rings. The number of hydrogen-bond acceptors (Lipinski definition) is 3. The molecule has 0 bridgehead atoms. The highest BCUT2D eigenvalue weighted by atomic mass is 16.5. The largest absolute Gasteiger partial charge is 0.494 e. The molecule has 0 radical (unpaired) electrons. The zero-order chi connectivity index (χ0) is 16.1. The molecule has 2 amide bonds. The maximum absolute atomic E-state index is 11.9. The van der Waals surface area contributed by atoms with Crippen molar-refractivity contribution < 1.29 is 9.53 Å². The summed E-state index contributed by atoms with van der Waals surface area (Å²) in [6.07, 6.45) is 4.70. The molecule has 23 heavy (non-hydrogen) atoms. The van der Waals surface area contributed by atoms with Gasteiger partial charge in [-0.1, -0.05) is 12.1 Å². The zero-order valence-electron chi connectivity index (χ0n) is 13.9. The van der Waals surface area contributed by atoms with Crippen molar-refractivity contribution >= 4 is 6.03 Å². The maximum Gasteiger partial charge on any atom is 0.315 e. The number of nitrogens with zero attached hydrogens (tertiary/aromatic N) is 1. The van der Waals surface area contributed by atoms with E-state index in [1.165, 1.54) is 18.4 Å². The van der Waals surface area contributed by atoms with Crippen LogP contribution in [0, 0.1) is 0 Å². The lowest BCUT2D eigenvalue weighted by Crippen LogP contribution is -2.42. The molecule has 5 heteroatoms. The van der Waals surface area contributed by atoms with Crippen molar-refractivity contribution in [3.63, 3.8) is 0 Å². The van der Waals surface area contributed by atoms with E-state index in [0.717, 1.165) is 31.7 Å². The van der Waals surface area contributed by atoms with Crippen LogP contribution in [0.5, 0.6) is 5.75 Å². The average molecular weight is 317 g/mol. The average Bonchev–Trinajstić information content (AvgIpc) is 3.20. The number of amides is 2. The smallest absolute Gasteiger partial charge is 0.315 e. The van der Waals surface area contributed by atoms with E-state index in [1.807, 2.05) is 19.1 Å². The van der Waals surface area contributed by atoms with Crippen LogP contribution in [0.25, 0.3) is 0 Å². The third-order valence-corrected chi connectivity index (χ3v) is 4.53. The standard InChI is InChI=1S/C18H27N3O2/c1-2-23-16-9-5-14(6-10-16)17(21-11-3-4-12-21)13-19-18(22)20-15-7-8-15/h5-6,9-10,15,17H,2-4,7-8,11-13H2,1H3,(H2,19,20,22)/t17-/m1/s1. The van der Waals surface area contributed by atoms with Crippen molar-refractivity contribution in [2.45, 2.75) is 44.7 Å². The first-order valence-corrected chi connectivity index (χ1v) is 8.77. The van der Waals surface area contributed by atoms with Crippen LogP contribution in [0.3, 0.4) is 0 Å². The Kier molecular flexibility index (Phi) is 5.39. The lowest BCUT2D eigenvalue weighted by Gasteiger charge is -2.28. The van der Waals surface area contributed by atoms with Gasteiger partial charge < -0.3 is 15.4 Å². The Bertz CT molecular complexity index is 508. The van der Waals surface area contributed by atoms with Crippen molar-refractivity contribution in [3.05, 3.63) is 29.8 Å². The molecule has 1 aliphatic heterocycles. The van der Waals surface area contributed by atoms with Crippen molar-refractivity contribution in [1.82, 2.24) is 15.5 Å². The summed E-state index contributed by atoms with van der Waals surface area (Å²) >= 11 is 0. The SMILES string of the molecule is CCOc1ccc([C@@H](CNC(=O)NC2CC2)N2CCCC2)cc1. The minimum atomic E-state index is -0.0392. The molecule has 1 heterocycles. The Balaban J connectivity index is 1.63. The minimum Gasteiger partial charge on any atom is -0.494 e. The van der Waals surface area contributed by atoms with Gasteiger partial charge in [0.2, 0.25) is 0 Å². The first kappa shape index (κ1) is 16.1. The van der Waals surface area contributed by atoms with Gasteiger partial charge in [0.05, 0.1) is 12.6 Å². The maximum atomic E-state index is 11.9. The zero-order valence-corrected chi connectivity index (χ0v) is 13.9. The lowest BCUT2D eigenvalue weighted by atomic mass is 10.1. The second-order valence-electron chi connectivity index (χ2n) is 6.39. The van der Waals surface area contributed by atoms with Crippen molar-refractivity contribution in [3.8, 4) is 5.75 Å². The van der Waals surface area contributed by atoms with E-state index in [9.17, 15) is 4.79 Å². The van der Waals surface area contributed by atoms with E-state index in [2.05, 4.69) is 27.7 Å². The Morgan fingerprint density at radius 2 is 1.96 bits per heavy atom. The number of urea groups is 1. The fourth-order valence-electron chi connectivity index (χ4n) is 3.12. The van der Waals surface area contributed by atoms with Crippen LogP contribution < -0.4 is 15.4 Å². The Labute approximate surface area is 138 Å². The molecule has 0 unspecified atom stereocenters. The van der Waals surface area contributed by atoms with Gasteiger partial charge in [0.1, 0.15) is 5.75 Å². The van der Waals surface area contributed by atoms with Gasteiger partial charge in [-0.15, -0.1) is 0 Å². The van der Waals surface area contributed by atoms with Crippen molar-refractivity contribution in [2.75, 3.05) is 26.2 Å².